The summed E-state index contributed by atoms with van der Waals surface area (Å²) in [7, 11) is -3.09. The molecule has 0 spiro atoms. The van der Waals surface area contributed by atoms with Crippen LogP contribution < -0.4 is 11.1 Å². The maximum Gasteiger partial charge on any atom is 0.234 e. The summed E-state index contributed by atoms with van der Waals surface area (Å²) in [6, 6.07) is -0.143. The van der Waals surface area contributed by atoms with Crippen molar-refractivity contribution >= 4 is 15.9 Å². The van der Waals surface area contributed by atoms with E-state index in [-0.39, 0.29) is 18.0 Å². The number of nitrogens with zero attached hydrogens (tertiary/aromatic N) is 1. The molecule has 1 saturated heterocycles. The fourth-order valence-electron chi connectivity index (χ4n) is 2.04. The molecule has 1 heterocycles. The van der Waals surface area contributed by atoms with Crippen LogP contribution in [0.25, 0.3) is 0 Å². The molecule has 7 heteroatoms. The molecule has 1 fully saturated rings. The minimum Gasteiger partial charge on any atom is -0.368 e. The van der Waals surface area contributed by atoms with Gasteiger partial charge in [-0.3, -0.25) is 4.79 Å². The quantitative estimate of drug-likeness (QED) is 0.683. The number of carbonyl (C=O) groups is 1. The lowest BCUT2D eigenvalue weighted by Gasteiger charge is -2.32. The first-order valence-corrected chi connectivity index (χ1v) is 7.70. The maximum absolute atomic E-state index is 11.3. The van der Waals surface area contributed by atoms with E-state index < -0.39 is 10.0 Å². The van der Waals surface area contributed by atoms with Gasteiger partial charge in [-0.15, -0.1) is 0 Å². The number of piperidine rings is 1. The number of nitrogens with two attached hydrogens (primary N) is 1. The maximum atomic E-state index is 11.3. The molecule has 0 aliphatic carbocycles. The van der Waals surface area contributed by atoms with Gasteiger partial charge in [-0.2, -0.15) is 0 Å². The second-order valence-electron chi connectivity index (χ2n) is 4.47. The summed E-state index contributed by atoms with van der Waals surface area (Å²) < 4.78 is 24.1. The minimum atomic E-state index is -3.09. The van der Waals surface area contributed by atoms with Crippen LogP contribution >= 0.6 is 0 Å². The second-order valence-corrected chi connectivity index (χ2v) is 6.45. The number of nitrogens with one attached hydrogen (secondary N) is 1. The lowest BCUT2D eigenvalue weighted by molar-refractivity contribution is -0.120. The molecule has 0 radical (unpaired) electrons. The highest BCUT2D eigenvalue weighted by Gasteiger charge is 2.26. The van der Waals surface area contributed by atoms with Crippen molar-refractivity contribution in [2.24, 2.45) is 5.73 Å². The van der Waals surface area contributed by atoms with E-state index in [9.17, 15) is 13.2 Å². The van der Waals surface area contributed by atoms with E-state index in [1.165, 1.54) is 10.6 Å². The third kappa shape index (κ3) is 4.25. The summed E-state index contributed by atoms with van der Waals surface area (Å²) >= 11 is 0. The Balaban J connectivity index is 2.45. The van der Waals surface area contributed by atoms with Crippen molar-refractivity contribution in [1.29, 1.82) is 0 Å². The van der Waals surface area contributed by atoms with E-state index >= 15 is 0 Å². The molecule has 1 atom stereocenters. The van der Waals surface area contributed by atoms with Gasteiger partial charge < -0.3 is 11.1 Å². The molecule has 0 bridgehead atoms. The van der Waals surface area contributed by atoms with Crippen LogP contribution in [0.15, 0.2) is 0 Å². The highest BCUT2D eigenvalue weighted by atomic mass is 32.2. The van der Waals surface area contributed by atoms with Crippen LogP contribution in [0.3, 0.4) is 0 Å². The first-order valence-electron chi connectivity index (χ1n) is 5.85. The van der Waals surface area contributed by atoms with Crippen molar-refractivity contribution in [1.82, 2.24) is 9.62 Å². The highest BCUT2D eigenvalue weighted by Crippen LogP contribution is 2.14. The van der Waals surface area contributed by atoms with Gasteiger partial charge in [-0.05, 0) is 19.3 Å². The first-order chi connectivity index (χ1) is 7.84. The van der Waals surface area contributed by atoms with Gasteiger partial charge in [0.15, 0.2) is 0 Å². The molecule has 0 aromatic rings. The van der Waals surface area contributed by atoms with E-state index in [2.05, 4.69) is 5.32 Å². The molecule has 1 rings (SSSR count). The summed E-state index contributed by atoms with van der Waals surface area (Å²) in [5.74, 6) is -0.349. The van der Waals surface area contributed by atoms with E-state index in [4.69, 9.17) is 5.73 Å². The van der Waals surface area contributed by atoms with Crippen LogP contribution in [-0.2, 0) is 14.8 Å². The monoisotopic (exact) mass is 263 g/mol. The zero-order chi connectivity index (χ0) is 13.1. The molecular weight excluding hydrogens is 242 g/mol. The van der Waals surface area contributed by atoms with Gasteiger partial charge in [0.25, 0.3) is 0 Å². The van der Waals surface area contributed by atoms with E-state index in [1.54, 1.807) is 0 Å². The standard InChI is InChI=1S/C10H21N3O3S/c1-3-9(10(11)14)12-8-4-6-13(7-5-8)17(2,15)16/h8-9,12H,3-7H2,1-2H3,(H2,11,14). The number of sulfonamides is 1. The number of rotatable bonds is 5. The van der Waals surface area contributed by atoms with Gasteiger partial charge in [0.2, 0.25) is 15.9 Å². The number of amides is 1. The van der Waals surface area contributed by atoms with Crippen LogP contribution in [0.2, 0.25) is 0 Å². The molecule has 6 nitrogen and oxygen atoms in total. The van der Waals surface area contributed by atoms with Gasteiger partial charge in [-0.25, -0.2) is 12.7 Å². The Bertz CT molecular complexity index is 361. The zero-order valence-corrected chi connectivity index (χ0v) is 11.2. The van der Waals surface area contributed by atoms with Gasteiger partial charge in [0.1, 0.15) is 0 Å². The molecule has 3 N–H and O–H groups in total. The van der Waals surface area contributed by atoms with Crippen LogP contribution in [0.5, 0.6) is 0 Å². The van der Waals surface area contributed by atoms with Crippen molar-refractivity contribution in [3.63, 3.8) is 0 Å². The average molecular weight is 263 g/mol. The van der Waals surface area contributed by atoms with Crippen molar-refractivity contribution in [3.05, 3.63) is 0 Å². The Morgan fingerprint density at radius 1 is 1.47 bits per heavy atom. The molecule has 0 aromatic carbocycles. The van der Waals surface area contributed by atoms with E-state index in [0.717, 1.165) is 12.8 Å². The van der Waals surface area contributed by atoms with Crippen molar-refractivity contribution in [2.45, 2.75) is 38.3 Å². The SMILES string of the molecule is CCC(NC1CCN(S(C)(=O)=O)CC1)C(N)=O. The smallest absolute Gasteiger partial charge is 0.234 e. The Hall–Kier alpha value is -0.660. The highest BCUT2D eigenvalue weighted by molar-refractivity contribution is 7.88. The molecule has 1 aliphatic heterocycles. The molecule has 17 heavy (non-hydrogen) atoms. The lowest BCUT2D eigenvalue weighted by atomic mass is 10.0. The van der Waals surface area contributed by atoms with Gasteiger partial charge in [0, 0.05) is 19.1 Å². The largest absolute Gasteiger partial charge is 0.368 e. The minimum absolute atomic E-state index is 0.172. The third-order valence-electron chi connectivity index (χ3n) is 3.11. The predicted molar refractivity (Wildman–Crippen MR) is 65.8 cm³/mol. The van der Waals surface area contributed by atoms with Crippen LogP contribution in [-0.4, -0.2) is 50.1 Å². The molecule has 1 aliphatic rings. The Morgan fingerprint density at radius 2 is 2.00 bits per heavy atom. The fourth-order valence-corrected chi connectivity index (χ4v) is 2.91. The van der Waals surface area contributed by atoms with Gasteiger partial charge >= 0.3 is 0 Å². The Kier molecular flexibility index (Phi) is 4.91. The van der Waals surface area contributed by atoms with Crippen molar-refractivity contribution < 1.29 is 13.2 Å². The number of carbonyl (C=O) groups excluding carboxylic acids is 1. The average Bonchev–Trinajstić information content (AvgIpc) is 2.25. The number of hydrogen-bond donors (Lipinski definition) is 2. The molecule has 1 amide bonds. The molecule has 1 unspecified atom stereocenters. The Labute approximate surface area is 103 Å². The molecule has 0 saturated carbocycles. The van der Waals surface area contributed by atoms with Crippen molar-refractivity contribution in [2.75, 3.05) is 19.3 Å². The summed E-state index contributed by atoms with van der Waals surface area (Å²) in [5.41, 5.74) is 5.25. The third-order valence-corrected chi connectivity index (χ3v) is 4.41. The predicted octanol–water partition coefficient (Wildman–Crippen LogP) is -0.736. The molecule has 0 aromatic heterocycles. The summed E-state index contributed by atoms with van der Waals surface area (Å²) in [6.45, 7) is 2.91. The lowest BCUT2D eigenvalue weighted by Crippen LogP contribution is -2.51. The summed E-state index contributed by atoms with van der Waals surface area (Å²) in [6.07, 6.45) is 3.31. The van der Waals surface area contributed by atoms with Crippen LogP contribution in [0, 0.1) is 0 Å². The van der Waals surface area contributed by atoms with Crippen molar-refractivity contribution in [3.8, 4) is 0 Å². The van der Waals surface area contributed by atoms with Crippen LogP contribution in [0.4, 0.5) is 0 Å². The first kappa shape index (κ1) is 14.4. The zero-order valence-electron chi connectivity index (χ0n) is 10.3. The molecule has 100 valence electrons. The normalized spacial score (nSPS) is 21.3. The van der Waals surface area contributed by atoms with Gasteiger partial charge in [0.05, 0.1) is 12.3 Å². The fraction of sp³-hybridized carbons (Fsp3) is 0.900. The van der Waals surface area contributed by atoms with E-state index in [0.29, 0.717) is 19.5 Å². The topological polar surface area (TPSA) is 92.5 Å². The van der Waals surface area contributed by atoms with Crippen LogP contribution in [0.1, 0.15) is 26.2 Å². The summed E-state index contributed by atoms with van der Waals surface area (Å²) in [5, 5.41) is 3.18. The van der Waals surface area contributed by atoms with E-state index in [1.807, 2.05) is 6.92 Å². The summed E-state index contributed by atoms with van der Waals surface area (Å²) in [4.78, 5) is 11.1. The number of primary amides is 1. The molecular formula is C10H21N3O3S. The number of hydrogen-bond acceptors (Lipinski definition) is 4. The van der Waals surface area contributed by atoms with Gasteiger partial charge in [-0.1, -0.05) is 6.92 Å². The Morgan fingerprint density at radius 3 is 2.35 bits per heavy atom. The second kappa shape index (κ2) is 5.79.